The maximum atomic E-state index is 13.5. The molecular weight excluding hydrogens is 475 g/mol. The molecule has 188 valence electrons. The van der Waals surface area contributed by atoms with Crippen LogP contribution in [0.15, 0.2) is 85.2 Å². The van der Waals surface area contributed by atoms with E-state index in [2.05, 4.69) is 62.6 Å². The van der Waals surface area contributed by atoms with Crippen molar-refractivity contribution >= 4 is 21.8 Å². The molecule has 38 heavy (non-hydrogen) atoms. The van der Waals surface area contributed by atoms with Crippen molar-refractivity contribution in [3.8, 4) is 39.4 Å². The molecule has 3 heterocycles. The van der Waals surface area contributed by atoms with E-state index in [9.17, 15) is 4.39 Å². The van der Waals surface area contributed by atoms with E-state index in [4.69, 9.17) is 4.74 Å². The molecule has 0 unspecified atom stereocenters. The molecule has 0 atom stereocenters. The Hall–Kier alpha value is -4.45. The minimum Gasteiger partial charge on any atom is -0.489 e. The molecule has 1 fully saturated rings. The van der Waals surface area contributed by atoms with Crippen LogP contribution in [0.3, 0.4) is 0 Å². The fourth-order valence-electron chi connectivity index (χ4n) is 5.58. The van der Waals surface area contributed by atoms with Crippen LogP contribution in [0.1, 0.15) is 32.1 Å². The molecule has 0 bridgehead atoms. The van der Waals surface area contributed by atoms with E-state index in [-0.39, 0.29) is 11.9 Å². The van der Waals surface area contributed by atoms with Gasteiger partial charge >= 0.3 is 0 Å². The molecule has 6 aromatic rings. The van der Waals surface area contributed by atoms with Crippen LogP contribution in [0, 0.1) is 5.82 Å². The number of aromatic nitrogens is 4. The zero-order valence-electron chi connectivity index (χ0n) is 20.9. The first-order valence-electron chi connectivity index (χ1n) is 13.2. The minimum atomic E-state index is -0.240. The van der Waals surface area contributed by atoms with E-state index in [1.807, 2.05) is 30.6 Å². The third-order valence-electron chi connectivity index (χ3n) is 7.54. The molecule has 0 aliphatic heterocycles. The summed E-state index contributed by atoms with van der Waals surface area (Å²) in [6.45, 7) is 0. The fraction of sp³-hybridized carbons (Fsp3) is 0.188. The molecule has 7 rings (SSSR count). The summed E-state index contributed by atoms with van der Waals surface area (Å²) in [5, 5.41) is 9.93. The van der Waals surface area contributed by atoms with Crippen LogP contribution >= 0.6 is 0 Å². The van der Waals surface area contributed by atoms with Crippen LogP contribution in [-0.4, -0.2) is 26.3 Å². The molecule has 0 saturated heterocycles. The van der Waals surface area contributed by atoms with Gasteiger partial charge in [0.2, 0.25) is 0 Å². The van der Waals surface area contributed by atoms with Crippen LogP contribution in [0.25, 0.3) is 55.4 Å². The Labute approximate surface area is 219 Å². The lowest BCUT2D eigenvalue weighted by molar-refractivity contribution is 0.154. The van der Waals surface area contributed by atoms with E-state index in [1.165, 1.54) is 31.4 Å². The normalized spacial score (nSPS) is 14.3. The van der Waals surface area contributed by atoms with Crippen molar-refractivity contribution in [1.82, 2.24) is 20.2 Å². The van der Waals surface area contributed by atoms with Gasteiger partial charge in [0, 0.05) is 28.0 Å². The van der Waals surface area contributed by atoms with Crippen molar-refractivity contribution in [2.45, 2.75) is 38.2 Å². The molecule has 1 aliphatic rings. The van der Waals surface area contributed by atoms with Crippen LogP contribution in [-0.2, 0) is 0 Å². The van der Waals surface area contributed by atoms with Gasteiger partial charge in [0.05, 0.1) is 23.5 Å². The van der Waals surface area contributed by atoms with E-state index in [0.29, 0.717) is 0 Å². The van der Waals surface area contributed by atoms with Crippen molar-refractivity contribution in [3.05, 3.63) is 91.0 Å². The SMILES string of the molecule is Fc1ccc(-c2cccc3[nH]c(-c4n[nH]c5ccc(-c6cncc(OC7CCCCC7)c6)cc45)cc23)cc1. The Morgan fingerprint density at radius 3 is 2.47 bits per heavy atom. The number of nitrogens with zero attached hydrogens (tertiary/aromatic N) is 2. The lowest BCUT2D eigenvalue weighted by Crippen LogP contribution is -2.19. The van der Waals surface area contributed by atoms with Crippen LogP contribution in [0.4, 0.5) is 4.39 Å². The predicted molar refractivity (Wildman–Crippen MR) is 150 cm³/mol. The lowest BCUT2D eigenvalue weighted by atomic mass is 9.98. The Balaban J connectivity index is 1.25. The highest BCUT2D eigenvalue weighted by atomic mass is 19.1. The van der Waals surface area contributed by atoms with Crippen molar-refractivity contribution < 1.29 is 9.13 Å². The monoisotopic (exact) mass is 502 g/mol. The smallest absolute Gasteiger partial charge is 0.138 e. The molecule has 0 spiro atoms. The summed E-state index contributed by atoms with van der Waals surface area (Å²) >= 11 is 0. The number of ether oxygens (including phenoxy) is 1. The second-order valence-corrected chi connectivity index (χ2v) is 10.1. The summed E-state index contributed by atoms with van der Waals surface area (Å²) in [6.07, 6.45) is 9.97. The second-order valence-electron chi connectivity index (χ2n) is 10.1. The number of benzene rings is 3. The number of pyridine rings is 1. The third-order valence-corrected chi connectivity index (χ3v) is 7.54. The average Bonchev–Trinajstić information content (AvgIpc) is 3.58. The number of hydrogen-bond donors (Lipinski definition) is 2. The molecule has 0 radical (unpaired) electrons. The predicted octanol–water partition coefficient (Wildman–Crippen LogP) is 8.29. The molecule has 0 amide bonds. The highest BCUT2D eigenvalue weighted by molar-refractivity contribution is 6.01. The quantitative estimate of drug-likeness (QED) is 0.249. The second kappa shape index (κ2) is 9.45. The molecule has 2 N–H and O–H groups in total. The summed E-state index contributed by atoms with van der Waals surface area (Å²) in [5.41, 5.74) is 7.84. The number of hydrogen-bond acceptors (Lipinski definition) is 3. The molecule has 3 aromatic heterocycles. The van der Waals surface area contributed by atoms with E-state index < -0.39 is 0 Å². The Kier molecular flexibility index (Phi) is 5.65. The van der Waals surface area contributed by atoms with Crippen molar-refractivity contribution in [3.63, 3.8) is 0 Å². The summed E-state index contributed by atoms with van der Waals surface area (Å²) in [7, 11) is 0. The fourth-order valence-corrected chi connectivity index (χ4v) is 5.58. The lowest BCUT2D eigenvalue weighted by Gasteiger charge is -2.23. The molecule has 5 nitrogen and oxygen atoms in total. The highest BCUT2D eigenvalue weighted by Crippen LogP contribution is 2.36. The zero-order valence-corrected chi connectivity index (χ0v) is 20.9. The topological polar surface area (TPSA) is 66.6 Å². The molecular formula is C32H27FN4O. The van der Waals surface area contributed by atoms with Gasteiger partial charge in [0.25, 0.3) is 0 Å². The Morgan fingerprint density at radius 1 is 0.763 bits per heavy atom. The number of rotatable bonds is 5. The minimum absolute atomic E-state index is 0.240. The number of H-pyrrole nitrogens is 2. The van der Waals surface area contributed by atoms with Gasteiger partial charge in [-0.25, -0.2) is 4.39 Å². The largest absolute Gasteiger partial charge is 0.489 e. The Morgan fingerprint density at radius 2 is 1.61 bits per heavy atom. The zero-order chi connectivity index (χ0) is 25.5. The van der Waals surface area contributed by atoms with E-state index in [1.54, 1.807) is 0 Å². The van der Waals surface area contributed by atoms with E-state index in [0.717, 1.165) is 74.0 Å². The van der Waals surface area contributed by atoms with E-state index >= 15 is 0 Å². The average molecular weight is 503 g/mol. The summed E-state index contributed by atoms with van der Waals surface area (Å²) in [6, 6.07) is 23.2. The number of nitrogens with one attached hydrogen (secondary N) is 2. The van der Waals surface area contributed by atoms with Gasteiger partial charge in [-0.15, -0.1) is 0 Å². The molecule has 3 aromatic carbocycles. The number of aromatic amines is 2. The van der Waals surface area contributed by atoms with Gasteiger partial charge in [0.1, 0.15) is 17.3 Å². The standard InChI is InChI=1S/C32H27FN4O/c33-23-12-9-20(10-13-23)26-7-4-8-29-27(26)17-31(35-29)32-28-16-21(11-14-30(28)36-37-32)22-15-25(19-34-18-22)38-24-5-2-1-3-6-24/h4,7-19,24,35H,1-3,5-6H2,(H,36,37). The number of halogens is 1. The summed E-state index contributed by atoms with van der Waals surface area (Å²) in [4.78, 5) is 8.01. The molecule has 6 heteroatoms. The maximum absolute atomic E-state index is 13.5. The van der Waals surface area contributed by atoms with Crippen LogP contribution in [0.2, 0.25) is 0 Å². The van der Waals surface area contributed by atoms with Gasteiger partial charge in [-0.3, -0.25) is 10.1 Å². The highest BCUT2D eigenvalue weighted by Gasteiger charge is 2.17. The van der Waals surface area contributed by atoms with Gasteiger partial charge < -0.3 is 9.72 Å². The summed E-state index contributed by atoms with van der Waals surface area (Å²) < 4.78 is 19.8. The van der Waals surface area contributed by atoms with Crippen LogP contribution in [0.5, 0.6) is 5.75 Å². The first kappa shape index (κ1) is 22.7. The maximum Gasteiger partial charge on any atom is 0.138 e. The van der Waals surface area contributed by atoms with Gasteiger partial charge in [-0.05, 0) is 84.8 Å². The Bertz CT molecular complexity index is 1750. The van der Waals surface area contributed by atoms with Crippen LogP contribution < -0.4 is 4.74 Å². The number of fused-ring (bicyclic) bond motifs is 2. The molecule has 1 aliphatic carbocycles. The van der Waals surface area contributed by atoms with Gasteiger partial charge in [0.15, 0.2) is 0 Å². The van der Waals surface area contributed by atoms with Crippen molar-refractivity contribution in [2.75, 3.05) is 0 Å². The van der Waals surface area contributed by atoms with Gasteiger partial charge in [-0.2, -0.15) is 5.10 Å². The molecule has 1 saturated carbocycles. The van der Waals surface area contributed by atoms with Crippen molar-refractivity contribution in [2.24, 2.45) is 0 Å². The first-order chi connectivity index (χ1) is 18.7. The third kappa shape index (κ3) is 4.22. The van der Waals surface area contributed by atoms with Crippen molar-refractivity contribution in [1.29, 1.82) is 0 Å². The van der Waals surface area contributed by atoms with Gasteiger partial charge in [-0.1, -0.05) is 36.8 Å². The summed E-state index contributed by atoms with van der Waals surface area (Å²) in [5.74, 6) is 0.585. The first-order valence-corrected chi connectivity index (χ1v) is 13.2.